The molecule has 26 heavy (non-hydrogen) atoms. The van der Waals surface area contributed by atoms with Crippen molar-refractivity contribution in [2.24, 2.45) is 0 Å². The maximum atomic E-state index is 12.8. The number of rotatable bonds is 3. The van der Waals surface area contributed by atoms with Crippen LogP contribution in [0.25, 0.3) is 0 Å². The number of amides is 1. The summed E-state index contributed by atoms with van der Waals surface area (Å²) in [4.78, 5) is 21.2. The zero-order valence-electron chi connectivity index (χ0n) is 14.4. The van der Waals surface area contributed by atoms with E-state index in [1.165, 1.54) is 5.56 Å². The Bertz CT molecular complexity index is 792. The monoisotopic (exact) mass is 373 g/mol. The lowest BCUT2D eigenvalue weighted by Crippen LogP contribution is -2.48. The van der Waals surface area contributed by atoms with Crippen LogP contribution in [0.3, 0.4) is 0 Å². The fraction of sp³-hybridized carbons (Fsp3) is 0.368. The van der Waals surface area contributed by atoms with Crippen molar-refractivity contribution in [3.63, 3.8) is 0 Å². The first kappa shape index (κ1) is 17.1. The van der Waals surface area contributed by atoms with Crippen LogP contribution in [0.4, 0.5) is 0 Å². The molecule has 136 valence electrons. The number of nitrogens with zero attached hydrogens (tertiary/aromatic N) is 3. The summed E-state index contributed by atoms with van der Waals surface area (Å²) in [7, 11) is 0. The van der Waals surface area contributed by atoms with Crippen LogP contribution in [0.5, 0.6) is 11.5 Å². The first-order chi connectivity index (χ1) is 12.7. The molecular formula is C19H20ClN3O3. The quantitative estimate of drug-likeness (QED) is 0.827. The molecule has 0 radical (unpaired) electrons. The minimum atomic E-state index is -0.0232. The molecular weight excluding hydrogens is 354 g/mol. The second-order valence-corrected chi connectivity index (χ2v) is 6.82. The fourth-order valence-corrected chi connectivity index (χ4v) is 3.54. The predicted molar refractivity (Wildman–Crippen MR) is 97.9 cm³/mol. The molecule has 0 spiro atoms. The van der Waals surface area contributed by atoms with Gasteiger partial charge in [-0.1, -0.05) is 17.7 Å². The van der Waals surface area contributed by atoms with Crippen molar-refractivity contribution in [1.82, 2.24) is 14.8 Å². The van der Waals surface area contributed by atoms with E-state index in [2.05, 4.69) is 16.0 Å². The number of benzene rings is 1. The van der Waals surface area contributed by atoms with Gasteiger partial charge >= 0.3 is 0 Å². The molecule has 1 fully saturated rings. The van der Waals surface area contributed by atoms with Gasteiger partial charge in [0.1, 0.15) is 13.2 Å². The molecule has 2 aliphatic rings. The van der Waals surface area contributed by atoms with Gasteiger partial charge in [-0.15, -0.1) is 0 Å². The number of hydrogen-bond acceptors (Lipinski definition) is 5. The second-order valence-electron chi connectivity index (χ2n) is 6.41. The summed E-state index contributed by atoms with van der Waals surface area (Å²) in [6.45, 7) is 4.83. The molecule has 1 aromatic heterocycles. The number of pyridine rings is 1. The van der Waals surface area contributed by atoms with E-state index >= 15 is 0 Å². The SMILES string of the molecule is O=C(c1cc(Cl)c2c(c1)OCCO2)N1CCN(Cc2cccnc2)CC1. The molecule has 1 saturated heterocycles. The third-order valence-corrected chi connectivity index (χ3v) is 4.91. The molecule has 0 unspecified atom stereocenters. The number of halogens is 1. The second kappa shape index (κ2) is 7.51. The van der Waals surface area contributed by atoms with E-state index in [1.807, 2.05) is 17.2 Å². The standard InChI is InChI=1S/C19H20ClN3O3/c20-16-10-15(11-17-18(16)26-9-8-25-17)19(24)23-6-4-22(5-7-23)13-14-2-1-3-21-12-14/h1-3,10-12H,4-9,13H2. The average molecular weight is 374 g/mol. The van der Waals surface area contributed by atoms with E-state index < -0.39 is 0 Å². The number of carbonyl (C=O) groups excluding carboxylic acids is 1. The Balaban J connectivity index is 1.40. The number of hydrogen-bond donors (Lipinski definition) is 0. The minimum absolute atomic E-state index is 0.0232. The Morgan fingerprint density at radius 1 is 1.15 bits per heavy atom. The Hall–Kier alpha value is -2.31. The molecule has 2 aromatic rings. The van der Waals surface area contributed by atoms with E-state index in [-0.39, 0.29) is 5.91 Å². The smallest absolute Gasteiger partial charge is 0.254 e. The largest absolute Gasteiger partial charge is 0.486 e. The van der Waals surface area contributed by atoms with Crippen molar-refractivity contribution in [1.29, 1.82) is 0 Å². The average Bonchev–Trinajstić information content (AvgIpc) is 2.69. The van der Waals surface area contributed by atoms with Crippen LogP contribution in [0.1, 0.15) is 15.9 Å². The van der Waals surface area contributed by atoms with Gasteiger partial charge in [-0.3, -0.25) is 14.7 Å². The number of aromatic nitrogens is 1. The van der Waals surface area contributed by atoms with Crippen molar-refractivity contribution in [3.8, 4) is 11.5 Å². The van der Waals surface area contributed by atoms with Gasteiger partial charge in [-0.05, 0) is 23.8 Å². The molecule has 1 amide bonds. The molecule has 0 bridgehead atoms. The zero-order chi connectivity index (χ0) is 17.9. The summed E-state index contributed by atoms with van der Waals surface area (Å²) >= 11 is 6.25. The van der Waals surface area contributed by atoms with Crippen molar-refractivity contribution >= 4 is 17.5 Å². The topological polar surface area (TPSA) is 54.9 Å². The first-order valence-electron chi connectivity index (χ1n) is 8.70. The van der Waals surface area contributed by atoms with Gasteiger partial charge in [0.25, 0.3) is 5.91 Å². The summed E-state index contributed by atoms with van der Waals surface area (Å²) in [5.74, 6) is 1.04. The molecule has 4 rings (SSSR count). The number of fused-ring (bicyclic) bond motifs is 1. The van der Waals surface area contributed by atoms with Crippen LogP contribution in [0, 0.1) is 0 Å². The van der Waals surface area contributed by atoms with Crippen molar-refractivity contribution < 1.29 is 14.3 Å². The van der Waals surface area contributed by atoms with Crippen molar-refractivity contribution in [2.45, 2.75) is 6.54 Å². The molecule has 3 heterocycles. The van der Waals surface area contributed by atoms with E-state index in [1.54, 1.807) is 18.3 Å². The third kappa shape index (κ3) is 3.61. The van der Waals surface area contributed by atoms with E-state index in [9.17, 15) is 4.79 Å². The number of carbonyl (C=O) groups is 1. The van der Waals surface area contributed by atoms with Gasteiger partial charge in [0.05, 0.1) is 5.02 Å². The highest BCUT2D eigenvalue weighted by Gasteiger charge is 2.25. The Morgan fingerprint density at radius 3 is 2.73 bits per heavy atom. The van der Waals surface area contributed by atoms with Crippen LogP contribution in [0.2, 0.25) is 5.02 Å². The van der Waals surface area contributed by atoms with Crippen molar-refractivity contribution in [3.05, 3.63) is 52.8 Å². The third-order valence-electron chi connectivity index (χ3n) is 4.63. The van der Waals surface area contributed by atoms with E-state index in [4.69, 9.17) is 21.1 Å². The van der Waals surface area contributed by atoms with Crippen LogP contribution in [0.15, 0.2) is 36.7 Å². The summed E-state index contributed by atoms with van der Waals surface area (Å²) in [6.07, 6.45) is 3.66. The Morgan fingerprint density at radius 2 is 1.96 bits per heavy atom. The highest BCUT2D eigenvalue weighted by atomic mass is 35.5. The molecule has 2 aliphatic heterocycles. The van der Waals surface area contributed by atoms with Crippen LogP contribution >= 0.6 is 11.6 Å². The minimum Gasteiger partial charge on any atom is -0.486 e. The van der Waals surface area contributed by atoms with Crippen LogP contribution < -0.4 is 9.47 Å². The van der Waals surface area contributed by atoms with E-state index in [0.29, 0.717) is 48.4 Å². The zero-order valence-corrected chi connectivity index (χ0v) is 15.1. The van der Waals surface area contributed by atoms with E-state index in [0.717, 1.165) is 19.6 Å². The van der Waals surface area contributed by atoms with Gasteiger partial charge in [0.2, 0.25) is 0 Å². The predicted octanol–water partition coefficient (Wildman–Crippen LogP) is 2.46. The summed E-state index contributed by atoms with van der Waals surface area (Å²) in [6, 6.07) is 7.41. The van der Waals surface area contributed by atoms with Gasteiger partial charge in [-0.2, -0.15) is 0 Å². The highest BCUT2D eigenvalue weighted by molar-refractivity contribution is 6.32. The van der Waals surface area contributed by atoms with Gasteiger partial charge in [0, 0.05) is 50.7 Å². The lowest BCUT2D eigenvalue weighted by atomic mass is 10.1. The lowest BCUT2D eigenvalue weighted by molar-refractivity contribution is 0.0627. The molecule has 0 N–H and O–H groups in total. The highest BCUT2D eigenvalue weighted by Crippen LogP contribution is 2.38. The molecule has 6 nitrogen and oxygen atoms in total. The summed E-state index contributed by atoms with van der Waals surface area (Å²) < 4.78 is 11.1. The maximum Gasteiger partial charge on any atom is 0.254 e. The first-order valence-corrected chi connectivity index (χ1v) is 9.08. The molecule has 0 atom stereocenters. The molecule has 0 saturated carbocycles. The molecule has 7 heteroatoms. The van der Waals surface area contributed by atoms with Crippen LogP contribution in [-0.2, 0) is 6.54 Å². The number of ether oxygens (including phenoxy) is 2. The Kier molecular flexibility index (Phi) is 4.95. The molecule has 0 aliphatic carbocycles. The van der Waals surface area contributed by atoms with Gasteiger partial charge in [-0.25, -0.2) is 0 Å². The van der Waals surface area contributed by atoms with Gasteiger partial charge < -0.3 is 14.4 Å². The van der Waals surface area contributed by atoms with Gasteiger partial charge in [0.15, 0.2) is 11.5 Å². The molecule has 1 aromatic carbocycles. The maximum absolute atomic E-state index is 12.8. The fourth-order valence-electron chi connectivity index (χ4n) is 3.28. The lowest BCUT2D eigenvalue weighted by Gasteiger charge is -2.35. The summed E-state index contributed by atoms with van der Waals surface area (Å²) in [5.41, 5.74) is 1.73. The Labute approximate surface area is 157 Å². The van der Waals surface area contributed by atoms with Crippen molar-refractivity contribution in [2.75, 3.05) is 39.4 Å². The normalized spacial score (nSPS) is 17.2. The van der Waals surface area contributed by atoms with Crippen LogP contribution in [-0.4, -0.2) is 60.1 Å². The summed E-state index contributed by atoms with van der Waals surface area (Å²) in [5, 5.41) is 0.417. The number of piperazine rings is 1.